The zero-order valence-electron chi connectivity index (χ0n) is 9.24. The van der Waals surface area contributed by atoms with E-state index in [-0.39, 0.29) is 10.4 Å². The molecule has 0 radical (unpaired) electrons. The number of carbonyl (C=O) groups is 1. The Hall–Kier alpha value is -1.58. The first-order valence-corrected chi connectivity index (χ1v) is 7.06. The first kappa shape index (κ1) is 12.9. The largest absolute Gasteiger partial charge is 0.480 e. The number of aryl methyl sites for hydroxylation is 1. The van der Waals surface area contributed by atoms with Crippen LogP contribution in [0.5, 0.6) is 0 Å². The number of sulfonamides is 1. The minimum absolute atomic E-state index is 0.0573. The molecule has 0 unspecified atom stereocenters. The van der Waals surface area contributed by atoms with Crippen LogP contribution in [0, 0.1) is 6.92 Å². The van der Waals surface area contributed by atoms with Crippen LogP contribution < -0.4 is 4.72 Å². The minimum atomic E-state index is -3.90. The van der Waals surface area contributed by atoms with Gasteiger partial charge in [0.25, 0.3) is 0 Å². The Morgan fingerprint density at radius 1 is 1.39 bits per heavy atom. The average Bonchev–Trinajstić information content (AvgIpc) is 2.76. The van der Waals surface area contributed by atoms with Gasteiger partial charge in [-0.2, -0.15) is 13.5 Å². The Labute approximate surface area is 107 Å². The van der Waals surface area contributed by atoms with Gasteiger partial charge in [0, 0.05) is 0 Å². The van der Waals surface area contributed by atoms with E-state index in [1.165, 1.54) is 6.07 Å². The van der Waals surface area contributed by atoms with Crippen molar-refractivity contribution >= 4 is 38.8 Å². The van der Waals surface area contributed by atoms with Gasteiger partial charge in [-0.05, 0) is 18.6 Å². The number of aliphatic carboxylic acids is 1. The van der Waals surface area contributed by atoms with Crippen LogP contribution in [0.3, 0.4) is 0 Å². The van der Waals surface area contributed by atoms with Gasteiger partial charge >= 0.3 is 5.97 Å². The van der Waals surface area contributed by atoms with E-state index in [0.29, 0.717) is 5.52 Å². The molecule has 0 atom stereocenters. The lowest BCUT2D eigenvalue weighted by Crippen LogP contribution is -2.29. The highest BCUT2D eigenvalue weighted by molar-refractivity contribution is 7.89. The summed E-state index contributed by atoms with van der Waals surface area (Å²) < 4.78 is 33.8. The lowest BCUT2D eigenvalue weighted by molar-refractivity contribution is -0.135. The summed E-state index contributed by atoms with van der Waals surface area (Å²) in [4.78, 5) is 10.3. The summed E-state index contributed by atoms with van der Waals surface area (Å²) in [6.07, 6.45) is 0. The van der Waals surface area contributed by atoms with Crippen molar-refractivity contribution in [3.05, 3.63) is 17.7 Å². The van der Waals surface area contributed by atoms with Crippen LogP contribution in [0.4, 0.5) is 0 Å². The molecule has 2 rings (SSSR count). The predicted octanol–water partition coefficient (Wildman–Crippen LogP) is 0.363. The fourth-order valence-electron chi connectivity index (χ4n) is 1.42. The highest BCUT2D eigenvalue weighted by atomic mass is 32.2. The summed E-state index contributed by atoms with van der Waals surface area (Å²) in [6, 6.07) is 3.00. The number of fused-ring (bicyclic) bond motifs is 1. The SMILES string of the molecule is Cc1ccc(S(=O)(=O)NCC(=O)O)c2nsnc12. The van der Waals surface area contributed by atoms with Crippen molar-refractivity contribution in [1.29, 1.82) is 0 Å². The van der Waals surface area contributed by atoms with Crippen LogP contribution in [0.1, 0.15) is 5.56 Å². The van der Waals surface area contributed by atoms with Gasteiger partial charge in [-0.3, -0.25) is 4.79 Å². The Balaban J connectivity index is 2.51. The molecule has 1 aromatic carbocycles. The van der Waals surface area contributed by atoms with Crippen molar-refractivity contribution in [2.24, 2.45) is 0 Å². The van der Waals surface area contributed by atoms with Gasteiger partial charge in [0.2, 0.25) is 10.0 Å². The Bertz CT molecular complexity index is 708. The van der Waals surface area contributed by atoms with E-state index in [9.17, 15) is 13.2 Å². The summed E-state index contributed by atoms with van der Waals surface area (Å²) in [7, 11) is -3.90. The predicted molar refractivity (Wildman–Crippen MR) is 65.0 cm³/mol. The highest BCUT2D eigenvalue weighted by Crippen LogP contribution is 2.23. The number of nitrogens with zero attached hydrogens (tertiary/aromatic N) is 2. The number of aromatic nitrogens is 2. The molecule has 2 N–H and O–H groups in total. The van der Waals surface area contributed by atoms with Crippen LogP contribution in [0.25, 0.3) is 11.0 Å². The van der Waals surface area contributed by atoms with Gasteiger partial charge in [0.15, 0.2) is 0 Å². The molecular formula is C9H9N3O4S2. The molecule has 0 bridgehead atoms. The average molecular weight is 287 g/mol. The normalized spacial score (nSPS) is 11.8. The lowest BCUT2D eigenvalue weighted by Gasteiger charge is -2.05. The minimum Gasteiger partial charge on any atom is -0.480 e. The molecule has 0 aliphatic heterocycles. The van der Waals surface area contributed by atoms with E-state index in [4.69, 9.17) is 5.11 Å². The number of rotatable bonds is 4. The molecule has 9 heteroatoms. The van der Waals surface area contributed by atoms with E-state index < -0.39 is 22.5 Å². The van der Waals surface area contributed by atoms with Gasteiger partial charge in [-0.15, -0.1) is 0 Å². The molecule has 0 aliphatic carbocycles. The van der Waals surface area contributed by atoms with Crippen LogP contribution in [-0.4, -0.2) is 34.8 Å². The van der Waals surface area contributed by atoms with E-state index in [1.807, 2.05) is 4.72 Å². The van der Waals surface area contributed by atoms with Crippen LogP contribution >= 0.6 is 11.7 Å². The molecule has 0 amide bonds. The number of hydrogen-bond donors (Lipinski definition) is 2. The maximum absolute atomic E-state index is 11.9. The lowest BCUT2D eigenvalue weighted by atomic mass is 10.2. The summed E-state index contributed by atoms with van der Waals surface area (Å²) in [5, 5.41) is 8.49. The highest BCUT2D eigenvalue weighted by Gasteiger charge is 2.21. The smallest absolute Gasteiger partial charge is 0.318 e. The molecule has 0 spiro atoms. The third-order valence-corrected chi connectivity index (χ3v) is 4.24. The maximum Gasteiger partial charge on any atom is 0.318 e. The van der Waals surface area contributed by atoms with Crippen LogP contribution in [0.15, 0.2) is 17.0 Å². The molecule has 0 saturated heterocycles. The van der Waals surface area contributed by atoms with Crippen molar-refractivity contribution in [2.75, 3.05) is 6.54 Å². The first-order chi connectivity index (χ1) is 8.42. The van der Waals surface area contributed by atoms with E-state index in [2.05, 4.69) is 8.75 Å². The number of carboxylic acid groups (broad SMARTS) is 1. The molecule has 18 heavy (non-hydrogen) atoms. The van der Waals surface area contributed by atoms with Crippen molar-refractivity contribution in [2.45, 2.75) is 11.8 Å². The Kier molecular flexibility index (Phi) is 3.28. The van der Waals surface area contributed by atoms with Gasteiger partial charge in [0.1, 0.15) is 22.5 Å². The molecule has 7 nitrogen and oxygen atoms in total. The molecule has 0 fully saturated rings. The third kappa shape index (κ3) is 2.33. The zero-order valence-corrected chi connectivity index (χ0v) is 10.9. The maximum atomic E-state index is 11.9. The van der Waals surface area contributed by atoms with Crippen molar-refractivity contribution in [3.63, 3.8) is 0 Å². The number of hydrogen-bond acceptors (Lipinski definition) is 6. The second-order valence-corrected chi connectivity index (χ2v) is 5.82. The van der Waals surface area contributed by atoms with Crippen LogP contribution in [-0.2, 0) is 14.8 Å². The van der Waals surface area contributed by atoms with Gasteiger partial charge in [0.05, 0.1) is 11.7 Å². The van der Waals surface area contributed by atoms with Crippen molar-refractivity contribution in [3.8, 4) is 0 Å². The molecule has 96 valence electrons. The Morgan fingerprint density at radius 2 is 2.06 bits per heavy atom. The second-order valence-electron chi connectivity index (χ2n) is 3.56. The standard InChI is InChI=1S/C9H9N3O4S2/c1-5-2-3-6(9-8(5)11-17-12-9)18(15,16)10-4-7(13)14/h2-3,10H,4H2,1H3,(H,13,14). The molecule has 0 aliphatic rings. The number of carboxylic acids is 1. The summed E-state index contributed by atoms with van der Waals surface area (Å²) in [6.45, 7) is 1.13. The van der Waals surface area contributed by atoms with Crippen molar-refractivity contribution in [1.82, 2.24) is 13.5 Å². The summed E-state index contributed by atoms with van der Waals surface area (Å²) >= 11 is 0.913. The zero-order chi connectivity index (χ0) is 13.3. The van der Waals surface area contributed by atoms with E-state index >= 15 is 0 Å². The quantitative estimate of drug-likeness (QED) is 0.840. The summed E-state index contributed by atoms with van der Waals surface area (Å²) in [5.41, 5.74) is 1.59. The fraction of sp³-hybridized carbons (Fsp3) is 0.222. The second kappa shape index (κ2) is 4.59. The number of benzene rings is 1. The third-order valence-electron chi connectivity index (χ3n) is 2.28. The molecule has 1 aromatic heterocycles. The monoisotopic (exact) mass is 287 g/mol. The molecule has 2 aromatic rings. The van der Waals surface area contributed by atoms with Gasteiger partial charge < -0.3 is 5.11 Å². The molecule has 0 saturated carbocycles. The Morgan fingerprint density at radius 3 is 2.72 bits per heavy atom. The van der Waals surface area contributed by atoms with E-state index in [1.54, 1.807) is 13.0 Å². The first-order valence-electron chi connectivity index (χ1n) is 4.85. The molecular weight excluding hydrogens is 278 g/mol. The fourth-order valence-corrected chi connectivity index (χ4v) is 3.21. The van der Waals surface area contributed by atoms with Crippen LogP contribution in [0.2, 0.25) is 0 Å². The summed E-state index contributed by atoms with van der Waals surface area (Å²) in [5.74, 6) is -1.25. The topological polar surface area (TPSA) is 109 Å². The van der Waals surface area contributed by atoms with Gasteiger partial charge in [-0.1, -0.05) is 6.07 Å². The number of nitrogens with one attached hydrogen (secondary N) is 1. The van der Waals surface area contributed by atoms with E-state index in [0.717, 1.165) is 17.3 Å². The van der Waals surface area contributed by atoms with Crippen molar-refractivity contribution < 1.29 is 18.3 Å². The van der Waals surface area contributed by atoms with Gasteiger partial charge in [-0.25, -0.2) is 8.42 Å². The molecule has 1 heterocycles.